The number of para-hydroxylation sites is 2. The first-order valence-electron chi connectivity index (χ1n) is 9.28. The van der Waals surface area contributed by atoms with Gasteiger partial charge in [0.25, 0.3) is 5.91 Å². The van der Waals surface area contributed by atoms with Gasteiger partial charge in [-0.3, -0.25) is 9.69 Å². The van der Waals surface area contributed by atoms with Crippen molar-refractivity contribution in [2.75, 3.05) is 19.8 Å². The maximum Gasteiger partial charge on any atom is 0.266 e. The molecule has 0 spiro atoms. The van der Waals surface area contributed by atoms with Gasteiger partial charge in [0.2, 0.25) is 0 Å². The molecule has 1 amide bonds. The summed E-state index contributed by atoms with van der Waals surface area (Å²) in [5.74, 6) is 1.50. The van der Waals surface area contributed by atoms with E-state index in [-0.39, 0.29) is 5.91 Å². The highest BCUT2D eigenvalue weighted by Crippen LogP contribution is 2.34. The Morgan fingerprint density at radius 1 is 1.07 bits per heavy atom. The number of rotatable bonds is 8. The molecule has 0 unspecified atom stereocenters. The molecule has 0 radical (unpaired) electrons. The zero-order valence-electron chi connectivity index (χ0n) is 16.5. The lowest BCUT2D eigenvalue weighted by Gasteiger charge is -2.13. The smallest absolute Gasteiger partial charge is 0.266 e. The lowest BCUT2D eigenvalue weighted by molar-refractivity contribution is -0.121. The summed E-state index contributed by atoms with van der Waals surface area (Å²) < 4.78 is 12.4. The maximum absolute atomic E-state index is 12.5. The highest BCUT2D eigenvalue weighted by molar-refractivity contribution is 8.26. The number of carbonyl (C=O) groups excluding carboxylic acids is 1. The normalized spacial score (nSPS) is 15.1. The molecule has 3 rings (SSSR count). The summed E-state index contributed by atoms with van der Waals surface area (Å²) in [6.45, 7) is 8.98. The van der Waals surface area contributed by atoms with Crippen molar-refractivity contribution >= 4 is 40.3 Å². The van der Waals surface area contributed by atoms with E-state index >= 15 is 0 Å². The molecule has 1 heterocycles. The Labute approximate surface area is 181 Å². The van der Waals surface area contributed by atoms with Crippen LogP contribution < -0.4 is 9.47 Å². The lowest BCUT2D eigenvalue weighted by Crippen LogP contribution is -2.27. The summed E-state index contributed by atoms with van der Waals surface area (Å²) in [7, 11) is 0. The van der Waals surface area contributed by atoms with Crippen LogP contribution in [0.15, 0.2) is 60.0 Å². The third-order valence-corrected chi connectivity index (χ3v) is 5.76. The van der Waals surface area contributed by atoms with Gasteiger partial charge in [-0.2, -0.15) is 0 Å². The summed E-state index contributed by atoms with van der Waals surface area (Å²) in [5.41, 5.74) is 3.04. The molecule has 1 aliphatic heterocycles. The van der Waals surface area contributed by atoms with Gasteiger partial charge in [-0.1, -0.05) is 66.5 Å². The van der Waals surface area contributed by atoms with Gasteiger partial charge in [0, 0.05) is 12.1 Å². The van der Waals surface area contributed by atoms with Crippen LogP contribution in [0.5, 0.6) is 11.5 Å². The first-order chi connectivity index (χ1) is 14.0. The molecule has 6 heteroatoms. The molecule has 0 bridgehead atoms. The molecular weight excluding hydrogens is 402 g/mol. The maximum atomic E-state index is 12.5. The molecule has 2 aromatic rings. The summed E-state index contributed by atoms with van der Waals surface area (Å²) >= 11 is 6.59. The molecule has 4 nitrogen and oxygen atoms in total. The quantitative estimate of drug-likeness (QED) is 0.253. The fourth-order valence-corrected chi connectivity index (χ4v) is 4.25. The number of thioether (sulfide) groups is 1. The van der Waals surface area contributed by atoms with Gasteiger partial charge < -0.3 is 9.47 Å². The summed E-state index contributed by atoms with van der Waals surface area (Å²) in [6.07, 6.45) is 3.49. The number of nitrogens with zero attached hydrogens (tertiary/aromatic N) is 1. The topological polar surface area (TPSA) is 38.8 Å². The first kappa shape index (κ1) is 21.1. The van der Waals surface area contributed by atoms with Crippen molar-refractivity contribution < 1.29 is 14.3 Å². The van der Waals surface area contributed by atoms with Gasteiger partial charge in [0.05, 0.1) is 4.91 Å². The van der Waals surface area contributed by atoms with Gasteiger partial charge in [0.15, 0.2) is 0 Å². The van der Waals surface area contributed by atoms with Crippen LogP contribution in [0.25, 0.3) is 6.08 Å². The molecule has 0 aromatic heterocycles. The molecule has 1 saturated heterocycles. The van der Waals surface area contributed by atoms with Crippen molar-refractivity contribution in [3.63, 3.8) is 0 Å². The highest BCUT2D eigenvalue weighted by Gasteiger charge is 2.31. The second-order valence-electron chi connectivity index (χ2n) is 6.54. The SMILES string of the molecule is C=CCN1C(=O)/C(=C/c2ccccc2OCCOc2c(C)cccc2C)SC1=S. The fraction of sp³-hybridized carbons (Fsp3) is 0.217. The van der Waals surface area contributed by atoms with E-state index in [0.29, 0.717) is 34.7 Å². The number of amides is 1. The minimum absolute atomic E-state index is 0.104. The van der Waals surface area contributed by atoms with Crippen molar-refractivity contribution in [3.05, 3.63) is 76.7 Å². The van der Waals surface area contributed by atoms with E-state index in [4.69, 9.17) is 21.7 Å². The summed E-state index contributed by atoms with van der Waals surface area (Å²) in [6, 6.07) is 13.7. The Morgan fingerprint density at radius 2 is 1.76 bits per heavy atom. The van der Waals surface area contributed by atoms with Crippen LogP contribution in [0.4, 0.5) is 0 Å². The van der Waals surface area contributed by atoms with E-state index in [9.17, 15) is 4.79 Å². The van der Waals surface area contributed by atoms with Crippen molar-refractivity contribution in [3.8, 4) is 11.5 Å². The van der Waals surface area contributed by atoms with E-state index in [1.165, 1.54) is 11.8 Å². The van der Waals surface area contributed by atoms with Gasteiger partial charge in [-0.05, 0) is 37.1 Å². The zero-order chi connectivity index (χ0) is 20.8. The number of aryl methyl sites for hydroxylation is 2. The second kappa shape index (κ2) is 9.76. The predicted molar refractivity (Wildman–Crippen MR) is 123 cm³/mol. The Balaban J connectivity index is 1.66. The van der Waals surface area contributed by atoms with Crippen molar-refractivity contribution in [2.24, 2.45) is 0 Å². The molecule has 0 N–H and O–H groups in total. The minimum atomic E-state index is -0.104. The Morgan fingerprint density at radius 3 is 2.48 bits per heavy atom. The highest BCUT2D eigenvalue weighted by atomic mass is 32.2. The lowest BCUT2D eigenvalue weighted by atomic mass is 10.1. The van der Waals surface area contributed by atoms with Crippen LogP contribution in [0, 0.1) is 13.8 Å². The van der Waals surface area contributed by atoms with Gasteiger partial charge in [0.1, 0.15) is 29.0 Å². The average molecular weight is 426 g/mol. The first-order valence-corrected chi connectivity index (χ1v) is 10.5. The van der Waals surface area contributed by atoms with Crippen molar-refractivity contribution in [2.45, 2.75) is 13.8 Å². The minimum Gasteiger partial charge on any atom is -0.489 e. The van der Waals surface area contributed by atoms with Gasteiger partial charge in [-0.15, -0.1) is 6.58 Å². The molecule has 1 fully saturated rings. The van der Waals surface area contributed by atoms with Gasteiger partial charge in [-0.25, -0.2) is 0 Å². The number of carbonyl (C=O) groups is 1. The van der Waals surface area contributed by atoms with Crippen LogP contribution in [-0.4, -0.2) is 34.9 Å². The number of benzene rings is 2. The summed E-state index contributed by atoms with van der Waals surface area (Å²) in [4.78, 5) is 14.7. The average Bonchev–Trinajstić information content (AvgIpc) is 2.96. The fourth-order valence-electron chi connectivity index (χ4n) is 2.98. The summed E-state index contributed by atoms with van der Waals surface area (Å²) in [5, 5.41) is 0. The molecule has 2 aromatic carbocycles. The van der Waals surface area contributed by atoms with Crippen molar-refractivity contribution in [1.82, 2.24) is 4.90 Å². The van der Waals surface area contributed by atoms with E-state index in [2.05, 4.69) is 6.58 Å². The van der Waals surface area contributed by atoms with Crippen LogP contribution in [0.1, 0.15) is 16.7 Å². The number of ether oxygens (including phenoxy) is 2. The van der Waals surface area contributed by atoms with E-state index in [1.807, 2.05) is 62.4 Å². The number of hydrogen-bond acceptors (Lipinski definition) is 5. The molecule has 1 aliphatic rings. The monoisotopic (exact) mass is 425 g/mol. The molecular formula is C23H23NO3S2. The Kier molecular flexibility index (Phi) is 7.12. The van der Waals surface area contributed by atoms with Crippen LogP contribution >= 0.6 is 24.0 Å². The largest absolute Gasteiger partial charge is 0.489 e. The Bertz CT molecular complexity index is 948. The van der Waals surface area contributed by atoms with Crippen LogP contribution in [0.2, 0.25) is 0 Å². The predicted octanol–water partition coefficient (Wildman–Crippen LogP) is 5.15. The van der Waals surface area contributed by atoms with Crippen LogP contribution in [-0.2, 0) is 4.79 Å². The number of thiocarbonyl (C=S) groups is 1. The molecule has 0 atom stereocenters. The zero-order valence-corrected chi connectivity index (χ0v) is 18.1. The van der Waals surface area contributed by atoms with Crippen molar-refractivity contribution in [1.29, 1.82) is 0 Å². The Hall–Kier alpha value is -2.57. The molecule has 29 heavy (non-hydrogen) atoms. The van der Waals surface area contributed by atoms with E-state index in [0.717, 1.165) is 22.4 Å². The van der Waals surface area contributed by atoms with Crippen LogP contribution in [0.3, 0.4) is 0 Å². The van der Waals surface area contributed by atoms with E-state index in [1.54, 1.807) is 11.0 Å². The molecule has 150 valence electrons. The standard InChI is InChI=1S/C23H23NO3S2/c1-4-12-24-22(25)20(29-23(24)28)15-18-10-5-6-11-19(18)26-13-14-27-21-16(2)8-7-9-17(21)3/h4-11,15H,1,12-14H2,2-3H3/b20-15-. The number of hydrogen-bond donors (Lipinski definition) is 0. The molecule has 0 aliphatic carbocycles. The third kappa shape index (κ3) is 5.08. The third-order valence-electron chi connectivity index (χ3n) is 4.39. The van der Waals surface area contributed by atoms with E-state index < -0.39 is 0 Å². The van der Waals surface area contributed by atoms with Gasteiger partial charge >= 0.3 is 0 Å². The second-order valence-corrected chi connectivity index (χ2v) is 8.21. The molecule has 0 saturated carbocycles.